The Kier molecular flexibility index (Phi) is 4.75. The highest BCUT2D eigenvalue weighted by Gasteiger charge is 2.05. The van der Waals surface area contributed by atoms with Crippen LogP contribution in [0.3, 0.4) is 0 Å². The number of nitrogens with zero attached hydrogens (tertiary/aromatic N) is 1. The van der Waals surface area contributed by atoms with Crippen LogP contribution in [-0.4, -0.2) is 23.8 Å². The van der Waals surface area contributed by atoms with Gasteiger partial charge in [-0.05, 0) is 35.4 Å². The van der Waals surface area contributed by atoms with Gasteiger partial charge in [-0.3, -0.25) is 4.98 Å². The number of hydrogen-bond acceptors (Lipinski definition) is 4. The average Bonchev–Trinajstić information content (AvgIpc) is 2.48. The monoisotopic (exact) mass is 259 g/mol. The van der Waals surface area contributed by atoms with Crippen molar-refractivity contribution < 1.29 is 14.6 Å². The minimum Gasteiger partial charge on any atom is -0.493 e. The van der Waals surface area contributed by atoms with E-state index in [0.29, 0.717) is 18.1 Å². The van der Waals surface area contributed by atoms with Crippen LogP contribution >= 0.6 is 0 Å². The highest BCUT2D eigenvalue weighted by Crippen LogP contribution is 2.28. The van der Waals surface area contributed by atoms with E-state index in [4.69, 9.17) is 14.6 Å². The summed E-state index contributed by atoms with van der Waals surface area (Å²) in [6.45, 7) is 0.562. The molecule has 4 heteroatoms. The molecule has 0 aliphatic rings. The molecule has 2 aromatic rings. The maximum atomic E-state index is 9.07. The molecule has 1 heterocycles. The molecule has 1 aromatic heterocycles. The lowest BCUT2D eigenvalue weighted by Gasteiger charge is -2.11. The van der Waals surface area contributed by atoms with Gasteiger partial charge in [0, 0.05) is 18.8 Å². The van der Waals surface area contributed by atoms with Gasteiger partial charge in [0.05, 0.1) is 20.3 Å². The SMILES string of the molecule is COc1cc(CO)ccc1OCCc1ccncc1. The maximum absolute atomic E-state index is 9.07. The molecule has 1 N–H and O–H groups in total. The fourth-order valence-corrected chi connectivity index (χ4v) is 1.76. The van der Waals surface area contributed by atoms with Crippen LogP contribution in [0.1, 0.15) is 11.1 Å². The molecule has 0 radical (unpaired) electrons. The zero-order valence-electron chi connectivity index (χ0n) is 10.9. The Labute approximate surface area is 112 Å². The summed E-state index contributed by atoms with van der Waals surface area (Å²) in [5.74, 6) is 1.33. The highest BCUT2D eigenvalue weighted by molar-refractivity contribution is 5.42. The first-order valence-corrected chi connectivity index (χ1v) is 6.13. The lowest BCUT2D eigenvalue weighted by Crippen LogP contribution is -2.03. The van der Waals surface area contributed by atoms with Crippen molar-refractivity contribution in [1.29, 1.82) is 0 Å². The molecule has 0 saturated heterocycles. The van der Waals surface area contributed by atoms with E-state index in [9.17, 15) is 0 Å². The minimum absolute atomic E-state index is 0.00629. The van der Waals surface area contributed by atoms with E-state index in [1.165, 1.54) is 5.56 Å². The molecule has 0 aliphatic carbocycles. The van der Waals surface area contributed by atoms with E-state index in [1.807, 2.05) is 24.3 Å². The van der Waals surface area contributed by atoms with Gasteiger partial charge in [-0.2, -0.15) is 0 Å². The average molecular weight is 259 g/mol. The second-order valence-corrected chi connectivity index (χ2v) is 4.10. The molecule has 0 amide bonds. The first kappa shape index (κ1) is 13.4. The lowest BCUT2D eigenvalue weighted by atomic mass is 10.2. The van der Waals surface area contributed by atoms with Crippen LogP contribution in [0.15, 0.2) is 42.7 Å². The number of aliphatic hydroxyl groups is 1. The minimum atomic E-state index is -0.00629. The molecule has 0 bridgehead atoms. The van der Waals surface area contributed by atoms with E-state index < -0.39 is 0 Å². The third kappa shape index (κ3) is 3.69. The molecule has 0 fully saturated rings. The van der Waals surface area contributed by atoms with Crippen LogP contribution in [0.5, 0.6) is 11.5 Å². The summed E-state index contributed by atoms with van der Waals surface area (Å²) < 4.78 is 10.9. The van der Waals surface area contributed by atoms with Gasteiger partial charge in [-0.25, -0.2) is 0 Å². The van der Waals surface area contributed by atoms with Gasteiger partial charge in [0.25, 0.3) is 0 Å². The Morgan fingerprint density at radius 2 is 1.84 bits per heavy atom. The first-order valence-electron chi connectivity index (χ1n) is 6.13. The summed E-state index contributed by atoms with van der Waals surface area (Å²) in [5.41, 5.74) is 1.99. The Bertz CT molecular complexity index is 514. The van der Waals surface area contributed by atoms with Gasteiger partial charge < -0.3 is 14.6 Å². The van der Waals surface area contributed by atoms with Crippen LogP contribution in [-0.2, 0) is 13.0 Å². The number of ether oxygens (including phenoxy) is 2. The Morgan fingerprint density at radius 1 is 1.05 bits per heavy atom. The van der Waals surface area contributed by atoms with Gasteiger partial charge in [0.1, 0.15) is 0 Å². The van der Waals surface area contributed by atoms with E-state index in [0.717, 1.165) is 12.0 Å². The number of hydrogen-bond donors (Lipinski definition) is 1. The van der Waals surface area contributed by atoms with Crippen molar-refractivity contribution in [3.63, 3.8) is 0 Å². The number of rotatable bonds is 6. The lowest BCUT2D eigenvalue weighted by molar-refractivity contribution is 0.277. The predicted molar refractivity (Wildman–Crippen MR) is 72.4 cm³/mol. The van der Waals surface area contributed by atoms with Crippen molar-refractivity contribution in [2.45, 2.75) is 13.0 Å². The number of methoxy groups -OCH3 is 1. The largest absolute Gasteiger partial charge is 0.493 e. The molecule has 2 rings (SSSR count). The summed E-state index contributed by atoms with van der Waals surface area (Å²) in [6.07, 6.45) is 4.35. The normalized spacial score (nSPS) is 10.2. The third-order valence-electron chi connectivity index (χ3n) is 2.81. The van der Waals surface area contributed by atoms with E-state index in [1.54, 1.807) is 25.6 Å². The smallest absolute Gasteiger partial charge is 0.161 e. The van der Waals surface area contributed by atoms with Crippen LogP contribution in [0, 0.1) is 0 Å². The van der Waals surface area contributed by atoms with Gasteiger partial charge in [-0.15, -0.1) is 0 Å². The second kappa shape index (κ2) is 6.75. The summed E-state index contributed by atoms with van der Waals surface area (Å²) in [4.78, 5) is 3.97. The summed E-state index contributed by atoms with van der Waals surface area (Å²) in [6, 6.07) is 9.36. The molecule has 1 aromatic carbocycles. The van der Waals surface area contributed by atoms with Crippen LogP contribution in [0.2, 0.25) is 0 Å². The fourth-order valence-electron chi connectivity index (χ4n) is 1.76. The summed E-state index contributed by atoms with van der Waals surface area (Å²) in [7, 11) is 1.59. The topological polar surface area (TPSA) is 51.6 Å². The predicted octanol–water partition coefficient (Wildman–Crippen LogP) is 2.20. The van der Waals surface area contributed by atoms with Crippen molar-refractivity contribution in [1.82, 2.24) is 4.98 Å². The summed E-state index contributed by atoms with van der Waals surface area (Å²) in [5, 5.41) is 9.07. The zero-order chi connectivity index (χ0) is 13.5. The van der Waals surface area contributed by atoms with Gasteiger partial charge >= 0.3 is 0 Å². The molecule has 0 aliphatic heterocycles. The number of pyridine rings is 1. The number of aliphatic hydroxyl groups excluding tert-OH is 1. The molecule has 19 heavy (non-hydrogen) atoms. The van der Waals surface area contributed by atoms with Gasteiger partial charge in [0.15, 0.2) is 11.5 Å². The zero-order valence-corrected chi connectivity index (χ0v) is 10.9. The Morgan fingerprint density at radius 3 is 2.53 bits per heavy atom. The summed E-state index contributed by atoms with van der Waals surface area (Å²) >= 11 is 0. The molecule has 100 valence electrons. The number of benzene rings is 1. The molecular weight excluding hydrogens is 242 g/mol. The third-order valence-corrected chi connectivity index (χ3v) is 2.81. The quantitative estimate of drug-likeness (QED) is 0.864. The van der Waals surface area contributed by atoms with Crippen molar-refractivity contribution in [3.8, 4) is 11.5 Å². The van der Waals surface area contributed by atoms with Gasteiger partial charge in [-0.1, -0.05) is 6.07 Å². The van der Waals surface area contributed by atoms with E-state index in [-0.39, 0.29) is 6.61 Å². The maximum Gasteiger partial charge on any atom is 0.161 e. The van der Waals surface area contributed by atoms with Crippen molar-refractivity contribution in [3.05, 3.63) is 53.9 Å². The standard InChI is InChI=1S/C15H17NO3/c1-18-15-10-13(11-17)2-3-14(15)19-9-6-12-4-7-16-8-5-12/h2-5,7-8,10,17H,6,9,11H2,1H3. The Hall–Kier alpha value is -2.07. The van der Waals surface area contributed by atoms with E-state index >= 15 is 0 Å². The fraction of sp³-hybridized carbons (Fsp3) is 0.267. The van der Waals surface area contributed by atoms with Crippen LogP contribution in [0.25, 0.3) is 0 Å². The van der Waals surface area contributed by atoms with Gasteiger partial charge in [0.2, 0.25) is 0 Å². The number of aromatic nitrogens is 1. The van der Waals surface area contributed by atoms with E-state index in [2.05, 4.69) is 4.98 Å². The Balaban J connectivity index is 1.96. The molecule has 0 saturated carbocycles. The van der Waals surface area contributed by atoms with Crippen molar-refractivity contribution >= 4 is 0 Å². The van der Waals surface area contributed by atoms with Crippen molar-refractivity contribution in [2.24, 2.45) is 0 Å². The van der Waals surface area contributed by atoms with Crippen molar-refractivity contribution in [2.75, 3.05) is 13.7 Å². The molecule has 0 spiro atoms. The first-order chi connectivity index (χ1) is 9.33. The molecule has 0 atom stereocenters. The van der Waals surface area contributed by atoms with Crippen LogP contribution < -0.4 is 9.47 Å². The molecule has 4 nitrogen and oxygen atoms in total. The second-order valence-electron chi connectivity index (χ2n) is 4.10. The molecule has 0 unspecified atom stereocenters. The molecular formula is C15H17NO3. The highest BCUT2D eigenvalue weighted by atomic mass is 16.5. The van der Waals surface area contributed by atoms with Crippen LogP contribution in [0.4, 0.5) is 0 Å².